The number of nitrogens with zero attached hydrogens (tertiary/aromatic N) is 5. The quantitative estimate of drug-likeness (QED) is 0.635. The number of nitriles is 1. The Kier molecular flexibility index (Phi) is 3.90. The van der Waals surface area contributed by atoms with Crippen molar-refractivity contribution in [2.45, 2.75) is 26.7 Å². The molecular weight excluding hydrogens is 286 g/mol. The first kappa shape index (κ1) is 14.9. The van der Waals surface area contributed by atoms with E-state index >= 15 is 0 Å². The predicted octanol–water partition coefficient (Wildman–Crippen LogP) is 5.05. The summed E-state index contributed by atoms with van der Waals surface area (Å²) in [5, 5.41) is 17.8. The summed E-state index contributed by atoms with van der Waals surface area (Å²) in [6.07, 6.45) is 1.95. The molecule has 0 aliphatic carbocycles. The molecule has 114 valence electrons. The van der Waals surface area contributed by atoms with Gasteiger partial charge in [-0.25, -0.2) is 4.98 Å². The Balaban J connectivity index is 2.14. The minimum Gasteiger partial charge on any atom is -0.283 e. The Morgan fingerprint density at radius 3 is 2.70 bits per heavy atom. The van der Waals surface area contributed by atoms with Gasteiger partial charge >= 0.3 is 0 Å². The summed E-state index contributed by atoms with van der Waals surface area (Å²) in [4.78, 5) is 4.67. The van der Waals surface area contributed by atoms with Gasteiger partial charge < -0.3 is 0 Å². The zero-order valence-corrected chi connectivity index (χ0v) is 13.4. The smallest absolute Gasteiger partial charge is 0.183 e. The fourth-order valence-corrected chi connectivity index (χ4v) is 2.40. The maximum Gasteiger partial charge on any atom is 0.183 e. The van der Waals surface area contributed by atoms with E-state index in [0.29, 0.717) is 17.1 Å². The summed E-state index contributed by atoms with van der Waals surface area (Å²) in [6.45, 7) is 6.20. The molecule has 0 aliphatic heterocycles. The monoisotopic (exact) mass is 303 g/mol. The number of aromatic nitrogens is 2. The van der Waals surface area contributed by atoms with Crippen LogP contribution in [0.5, 0.6) is 0 Å². The third-order valence-corrected chi connectivity index (χ3v) is 3.61. The second-order valence-electron chi connectivity index (χ2n) is 5.74. The maximum atomic E-state index is 9.15. The molecule has 0 saturated carbocycles. The number of benzene rings is 1. The van der Waals surface area contributed by atoms with Crippen molar-refractivity contribution >= 4 is 17.2 Å². The predicted molar refractivity (Wildman–Crippen MR) is 89.4 cm³/mol. The molecule has 2 aromatic heterocycles. The molecule has 0 aliphatic rings. The Bertz CT molecular complexity index is 928. The van der Waals surface area contributed by atoms with Gasteiger partial charge in [-0.15, -0.1) is 10.2 Å². The average molecular weight is 303 g/mol. The number of azo groups is 1. The van der Waals surface area contributed by atoms with Crippen LogP contribution in [0.3, 0.4) is 0 Å². The number of rotatable bonds is 3. The van der Waals surface area contributed by atoms with Crippen molar-refractivity contribution in [3.8, 4) is 6.07 Å². The first-order chi connectivity index (χ1) is 11.1. The number of hydrogen-bond donors (Lipinski definition) is 0. The van der Waals surface area contributed by atoms with Crippen LogP contribution in [0.1, 0.15) is 36.6 Å². The molecule has 23 heavy (non-hydrogen) atoms. The molecule has 0 radical (unpaired) electrons. The number of imidazole rings is 1. The summed E-state index contributed by atoms with van der Waals surface area (Å²) in [7, 11) is 0. The van der Waals surface area contributed by atoms with Crippen LogP contribution < -0.4 is 0 Å². The van der Waals surface area contributed by atoms with E-state index in [2.05, 4.69) is 35.1 Å². The van der Waals surface area contributed by atoms with Gasteiger partial charge in [-0.2, -0.15) is 5.26 Å². The van der Waals surface area contributed by atoms with Crippen LogP contribution in [-0.4, -0.2) is 9.38 Å². The van der Waals surface area contributed by atoms with E-state index in [4.69, 9.17) is 5.26 Å². The van der Waals surface area contributed by atoms with Gasteiger partial charge in [0.2, 0.25) is 0 Å². The van der Waals surface area contributed by atoms with Crippen LogP contribution in [0.15, 0.2) is 52.8 Å². The molecular formula is C18H17N5. The SMILES string of the molecule is Cc1ccn2c(N=Nc3ccccc3C#N)c(C(C)C)nc2c1. The molecule has 0 amide bonds. The van der Waals surface area contributed by atoms with Crippen molar-refractivity contribution in [3.63, 3.8) is 0 Å². The number of pyridine rings is 1. The van der Waals surface area contributed by atoms with Gasteiger partial charge in [0.1, 0.15) is 17.4 Å². The summed E-state index contributed by atoms with van der Waals surface area (Å²) in [6, 6.07) is 13.3. The van der Waals surface area contributed by atoms with Crippen LogP contribution in [0.4, 0.5) is 11.5 Å². The Labute approximate surface area is 134 Å². The van der Waals surface area contributed by atoms with Crippen molar-refractivity contribution < 1.29 is 0 Å². The first-order valence-electron chi connectivity index (χ1n) is 7.49. The second kappa shape index (κ2) is 6.01. The Morgan fingerprint density at radius 2 is 1.96 bits per heavy atom. The summed E-state index contributed by atoms with van der Waals surface area (Å²) in [5.41, 5.74) is 3.97. The van der Waals surface area contributed by atoms with Crippen LogP contribution in [0, 0.1) is 18.3 Å². The van der Waals surface area contributed by atoms with Gasteiger partial charge in [0.05, 0.1) is 11.3 Å². The largest absolute Gasteiger partial charge is 0.283 e. The minimum absolute atomic E-state index is 0.232. The highest BCUT2D eigenvalue weighted by molar-refractivity contribution is 5.56. The van der Waals surface area contributed by atoms with Gasteiger partial charge in [0.25, 0.3) is 0 Å². The van der Waals surface area contributed by atoms with Gasteiger partial charge in [-0.3, -0.25) is 4.40 Å². The summed E-state index contributed by atoms with van der Waals surface area (Å²) < 4.78 is 1.93. The molecule has 0 fully saturated rings. The van der Waals surface area contributed by atoms with Gasteiger partial charge in [0.15, 0.2) is 5.82 Å². The van der Waals surface area contributed by atoms with Crippen LogP contribution in [0.25, 0.3) is 5.65 Å². The maximum absolute atomic E-state index is 9.15. The van der Waals surface area contributed by atoms with E-state index in [0.717, 1.165) is 16.9 Å². The Hall–Kier alpha value is -3.00. The minimum atomic E-state index is 0.232. The average Bonchev–Trinajstić information content (AvgIpc) is 2.91. The molecule has 0 N–H and O–H groups in total. The molecule has 3 rings (SSSR count). The highest BCUT2D eigenvalue weighted by atomic mass is 15.2. The van der Waals surface area contributed by atoms with Crippen molar-refractivity contribution in [3.05, 3.63) is 59.4 Å². The van der Waals surface area contributed by atoms with Crippen LogP contribution in [0.2, 0.25) is 0 Å². The lowest BCUT2D eigenvalue weighted by atomic mass is 10.1. The van der Waals surface area contributed by atoms with Crippen LogP contribution >= 0.6 is 0 Å². The highest BCUT2D eigenvalue weighted by Gasteiger charge is 2.15. The molecule has 0 atom stereocenters. The molecule has 5 nitrogen and oxygen atoms in total. The molecule has 5 heteroatoms. The van der Waals surface area contributed by atoms with E-state index in [1.807, 2.05) is 41.8 Å². The number of hydrogen-bond acceptors (Lipinski definition) is 4. The van der Waals surface area contributed by atoms with Gasteiger partial charge in [-0.05, 0) is 42.7 Å². The molecule has 0 bridgehead atoms. The topological polar surface area (TPSA) is 65.8 Å². The van der Waals surface area contributed by atoms with Crippen molar-refractivity contribution in [2.75, 3.05) is 0 Å². The van der Waals surface area contributed by atoms with Crippen molar-refractivity contribution in [1.29, 1.82) is 5.26 Å². The lowest BCUT2D eigenvalue weighted by Gasteiger charge is -2.02. The normalized spacial score (nSPS) is 11.4. The molecule has 0 saturated heterocycles. The molecule has 2 heterocycles. The molecule has 0 unspecified atom stereocenters. The zero-order chi connectivity index (χ0) is 16.4. The van der Waals surface area contributed by atoms with E-state index in [1.165, 1.54) is 0 Å². The standard InChI is InChI=1S/C18H17N5/c1-12(2)17-18(23-9-8-13(3)10-16(23)20-17)22-21-15-7-5-4-6-14(15)11-19/h4-10,12H,1-3H3. The molecule has 1 aromatic carbocycles. The third kappa shape index (κ3) is 2.84. The van der Waals surface area contributed by atoms with Gasteiger partial charge in [-0.1, -0.05) is 26.0 Å². The van der Waals surface area contributed by atoms with Crippen LogP contribution in [-0.2, 0) is 0 Å². The van der Waals surface area contributed by atoms with Crippen molar-refractivity contribution in [1.82, 2.24) is 9.38 Å². The fourth-order valence-electron chi connectivity index (χ4n) is 2.40. The second-order valence-corrected chi connectivity index (χ2v) is 5.74. The highest BCUT2D eigenvalue weighted by Crippen LogP contribution is 2.30. The molecule has 3 aromatic rings. The van der Waals surface area contributed by atoms with Crippen molar-refractivity contribution in [2.24, 2.45) is 10.2 Å². The van der Waals surface area contributed by atoms with E-state index in [9.17, 15) is 0 Å². The van der Waals surface area contributed by atoms with E-state index < -0.39 is 0 Å². The fraction of sp³-hybridized carbons (Fsp3) is 0.222. The Morgan fingerprint density at radius 1 is 1.17 bits per heavy atom. The van der Waals surface area contributed by atoms with Gasteiger partial charge in [0, 0.05) is 6.20 Å². The first-order valence-corrected chi connectivity index (χ1v) is 7.49. The summed E-state index contributed by atoms with van der Waals surface area (Å²) in [5.74, 6) is 0.943. The number of fused-ring (bicyclic) bond motifs is 1. The zero-order valence-electron chi connectivity index (χ0n) is 13.4. The summed E-state index contributed by atoms with van der Waals surface area (Å²) >= 11 is 0. The van der Waals surface area contributed by atoms with E-state index in [1.54, 1.807) is 12.1 Å². The third-order valence-electron chi connectivity index (χ3n) is 3.61. The van der Waals surface area contributed by atoms with E-state index in [-0.39, 0.29) is 5.92 Å². The lowest BCUT2D eigenvalue weighted by Crippen LogP contribution is -1.87. The molecule has 0 spiro atoms. The lowest BCUT2D eigenvalue weighted by molar-refractivity contribution is 0.831. The number of aryl methyl sites for hydroxylation is 1.